The van der Waals surface area contributed by atoms with E-state index < -0.39 is 0 Å². The first-order valence-electron chi connectivity index (χ1n) is 8.50. The molecule has 6 heteroatoms. The minimum atomic E-state index is -0.211. The molecule has 1 aliphatic heterocycles. The number of rotatable bonds is 7. The molecule has 2 aromatic rings. The summed E-state index contributed by atoms with van der Waals surface area (Å²) in [5.41, 5.74) is 1.18. The Morgan fingerprint density at radius 2 is 1.77 bits per heavy atom. The number of carbonyl (C=O) groups excluding carboxylic acids is 2. The number of amides is 1. The van der Waals surface area contributed by atoms with Crippen LogP contribution < -0.4 is 19.5 Å². The molecule has 0 aliphatic carbocycles. The van der Waals surface area contributed by atoms with Crippen LogP contribution in [0.15, 0.2) is 42.5 Å². The van der Waals surface area contributed by atoms with Crippen LogP contribution in [0.2, 0.25) is 0 Å². The van der Waals surface area contributed by atoms with E-state index in [0.717, 1.165) is 5.75 Å². The van der Waals surface area contributed by atoms with E-state index in [0.29, 0.717) is 22.7 Å². The lowest BCUT2D eigenvalue weighted by Crippen LogP contribution is -2.13. The van der Waals surface area contributed by atoms with Crippen molar-refractivity contribution in [3.63, 3.8) is 0 Å². The Morgan fingerprint density at radius 3 is 2.50 bits per heavy atom. The lowest BCUT2D eigenvalue weighted by atomic mass is 10.1. The quantitative estimate of drug-likeness (QED) is 0.765. The van der Waals surface area contributed by atoms with Crippen LogP contribution in [0, 0.1) is 0 Å². The van der Waals surface area contributed by atoms with Crippen LogP contribution >= 0.6 is 0 Å². The largest absolute Gasteiger partial charge is 0.491 e. The van der Waals surface area contributed by atoms with Crippen LogP contribution in [0.3, 0.4) is 0 Å². The first-order valence-corrected chi connectivity index (χ1v) is 8.50. The van der Waals surface area contributed by atoms with Crippen LogP contribution in [0.25, 0.3) is 0 Å². The summed E-state index contributed by atoms with van der Waals surface area (Å²) < 4.78 is 16.0. The van der Waals surface area contributed by atoms with Gasteiger partial charge in [-0.15, -0.1) is 0 Å². The van der Waals surface area contributed by atoms with Gasteiger partial charge in [0.25, 0.3) is 0 Å². The Kier molecular flexibility index (Phi) is 5.41. The second-order valence-corrected chi connectivity index (χ2v) is 6.23. The predicted octanol–water partition coefficient (Wildman–Crippen LogP) is 3.80. The van der Waals surface area contributed by atoms with Crippen molar-refractivity contribution in [2.75, 3.05) is 12.1 Å². The first kappa shape index (κ1) is 17.8. The van der Waals surface area contributed by atoms with E-state index in [1.165, 1.54) is 0 Å². The van der Waals surface area contributed by atoms with E-state index in [-0.39, 0.29) is 37.4 Å². The summed E-state index contributed by atoms with van der Waals surface area (Å²) in [6, 6.07) is 12.2. The fourth-order valence-electron chi connectivity index (χ4n) is 2.55. The molecule has 2 aromatic carbocycles. The number of hydrogen-bond donors (Lipinski definition) is 1. The number of hydrogen-bond acceptors (Lipinski definition) is 5. The number of fused-ring (bicyclic) bond motifs is 1. The van der Waals surface area contributed by atoms with Gasteiger partial charge in [-0.3, -0.25) is 9.59 Å². The Morgan fingerprint density at radius 1 is 1.04 bits per heavy atom. The number of ether oxygens (including phenoxy) is 3. The third-order valence-corrected chi connectivity index (χ3v) is 3.78. The summed E-state index contributed by atoms with van der Waals surface area (Å²) in [6.45, 7) is 4.07. The standard InChI is InChI=1S/C20H21NO5/c1-13(2)26-16-6-4-15(5-7-16)21-20(23)10-8-17(22)14-3-9-18-19(11-14)25-12-24-18/h3-7,9,11,13H,8,10,12H2,1-2H3,(H,21,23). The van der Waals surface area contributed by atoms with E-state index in [1.807, 2.05) is 13.8 Å². The van der Waals surface area contributed by atoms with Crippen molar-refractivity contribution in [1.29, 1.82) is 0 Å². The van der Waals surface area contributed by atoms with Crippen molar-refractivity contribution in [3.8, 4) is 17.2 Å². The van der Waals surface area contributed by atoms with Gasteiger partial charge in [0, 0.05) is 24.1 Å². The molecule has 0 saturated carbocycles. The van der Waals surface area contributed by atoms with Gasteiger partial charge in [-0.2, -0.15) is 0 Å². The van der Waals surface area contributed by atoms with E-state index in [4.69, 9.17) is 14.2 Å². The average molecular weight is 355 g/mol. The second kappa shape index (κ2) is 7.91. The molecule has 136 valence electrons. The van der Waals surface area contributed by atoms with Crippen LogP contribution in [0.1, 0.15) is 37.0 Å². The lowest BCUT2D eigenvalue weighted by molar-refractivity contribution is -0.116. The third kappa shape index (κ3) is 4.53. The van der Waals surface area contributed by atoms with Gasteiger partial charge < -0.3 is 19.5 Å². The fraction of sp³-hybridized carbons (Fsp3) is 0.300. The first-order chi connectivity index (χ1) is 12.5. The fourth-order valence-corrected chi connectivity index (χ4v) is 2.55. The predicted molar refractivity (Wildman–Crippen MR) is 97.0 cm³/mol. The normalized spacial score (nSPS) is 12.1. The van der Waals surface area contributed by atoms with E-state index in [2.05, 4.69) is 5.32 Å². The van der Waals surface area contributed by atoms with E-state index >= 15 is 0 Å². The van der Waals surface area contributed by atoms with Gasteiger partial charge in [-0.25, -0.2) is 0 Å². The Bertz CT molecular complexity index is 798. The molecule has 3 rings (SSSR count). The Labute approximate surface area is 152 Å². The molecule has 0 radical (unpaired) electrons. The number of Topliss-reactive ketones (excluding diaryl/α,β-unsaturated/α-hetero) is 1. The minimum absolute atomic E-state index is 0.0950. The number of ketones is 1. The van der Waals surface area contributed by atoms with Crippen molar-refractivity contribution in [2.45, 2.75) is 32.8 Å². The Hall–Kier alpha value is -3.02. The maximum Gasteiger partial charge on any atom is 0.231 e. The molecule has 6 nitrogen and oxygen atoms in total. The molecule has 1 aliphatic rings. The zero-order valence-corrected chi connectivity index (χ0v) is 14.8. The SMILES string of the molecule is CC(C)Oc1ccc(NC(=O)CCC(=O)c2ccc3c(c2)OCO3)cc1. The van der Waals surface area contributed by atoms with Crippen molar-refractivity contribution >= 4 is 17.4 Å². The van der Waals surface area contributed by atoms with Crippen molar-refractivity contribution in [1.82, 2.24) is 0 Å². The summed E-state index contributed by atoms with van der Waals surface area (Å²) in [4.78, 5) is 24.3. The van der Waals surface area contributed by atoms with Crippen molar-refractivity contribution < 1.29 is 23.8 Å². The summed E-state index contributed by atoms with van der Waals surface area (Å²) in [5.74, 6) is 1.61. The van der Waals surface area contributed by atoms with Gasteiger partial charge in [0.1, 0.15) is 5.75 Å². The van der Waals surface area contributed by atoms with Gasteiger partial charge in [0.2, 0.25) is 12.7 Å². The number of nitrogens with one attached hydrogen (secondary N) is 1. The minimum Gasteiger partial charge on any atom is -0.491 e. The van der Waals surface area contributed by atoms with Gasteiger partial charge in [-0.1, -0.05) is 0 Å². The smallest absolute Gasteiger partial charge is 0.231 e. The average Bonchev–Trinajstić information content (AvgIpc) is 3.08. The van der Waals surface area contributed by atoms with E-state index in [9.17, 15) is 9.59 Å². The lowest BCUT2D eigenvalue weighted by Gasteiger charge is -2.10. The number of benzene rings is 2. The molecule has 0 fully saturated rings. The van der Waals surface area contributed by atoms with Crippen molar-refractivity contribution in [2.24, 2.45) is 0 Å². The topological polar surface area (TPSA) is 73.9 Å². The molecule has 0 saturated heterocycles. The molecule has 0 spiro atoms. The van der Waals surface area contributed by atoms with E-state index in [1.54, 1.807) is 42.5 Å². The maximum absolute atomic E-state index is 12.3. The molecular formula is C20H21NO5. The van der Waals surface area contributed by atoms with Crippen LogP contribution in [0.4, 0.5) is 5.69 Å². The Balaban J connectivity index is 1.50. The molecular weight excluding hydrogens is 334 g/mol. The second-order valence-electron chi connectivity index (χ2n) is 6.23. The van der Waals surface area contributed by atoms with Crippen LogP contribution in [0.5, 0.6) is 17.2 Å². The van der Waals surface area contributed by atoms with Gasteiger partial charge in [0.05, 0.1) is 6.10 Å². The van der Waals surface area contributed by atoms with Crippen molar-refractivity contribution in [3.05, 3.63) is 48.0 Å². The van der Waals surface area contributed by atoms with Crippen LogP contribution in [-0.4, -0.2) is 24.6 Å². The van der Waals surface area contributed by atoms with Gasteiger partial charge in [0.15, 0.2) is 17.3 Å². The summed E-state index contributed by atoms with van der Waals surface area (Å²) in [5, 5.41) is 2.78. The highest BCUT2D eigenvalue weighted by Gasteiger charge is 2.17. The zero-order valence-electron chi connectivity index (χ0n) is 14.8. The number of anilines is 1. The van der Waals surface area contributed by atoms with Crippen LogP contribution in [-0.2, 0) is 4.79 Å². The molecule has 1 N–H and O–H groups in total. The number of carbonyl (C=O) groups is 2. The highest BCUT2D eigenvalue weighted by atomic mass is 16.7. The summed E-state index contributed by atoms with van der Waals surface area (Å²) >= 11 is 0. The molecule has 26 heavy (non-hydrogen) atoms. The highest BCUT2D eigenvalue weighted by molar-refractivity contribution is 6.00. The molecule has 0 unspecified atom stereocenters. The van der Waals surface area contributed by atoms with Gasteiger partial charge >= 0.3 is 0 Å². The monoisotopic (exact) mass is 355 g/mol. The summed E-state index contributed by atoms with van der Waals surface area (Å²) in [6.07, 6.45) is 0.329. The highest BCUT2D eigenvalue weighted by Crippen LogP contribution is 2.32. The summed E-state index contributed by atoms with van der Waals surface area (Å²) in [7, 11) is 0. The molecule has 0 bridgehead atoms. The molecule has 0 atom stereocenters. The third-order valence-electron chi connectivity index (χ3n) is 3.78. The molecule has 1 amide bonds. The maximum atomic E-state index is 12.3. The molecule has 1 heterocycles. The molecule has 0 aromatic heterocycles. The van der Waals surface area contributed by atoms with Gasteiger partial charge in [-0.05, 0) is 56.3 Å². The zero-order chi connectivity index (χ0) is 18.5.